The maximum absolute atomic E-state index is 12.0. The molecule has 0 aliphatic rings. The van der Waals surface area contributed by atoms with Gasteiger partial charge in [-0.3, -0.25) is 4.79 Å². The van der Waals surface area contributed by atoms with Gasteiger partial charge in [-0.25, -0.2) is 10.4 Å². The van der Waals surface area contributed by atoms with E-state index < -0.39 is 18.0 Å². The summed E-state index contributed by atoms with van der Waals surface area (Å²) in [6.07, 6.45) is 1.81. The fourth-order valence-electron chi connectivity index (χ4n) is 2.14. The minimum absolute atomic E-state index is 0.0889. The van der Waals surface area contributed by atoms with Gasteiger partial charge in [0.15, 0.2) is 5.69 Å². The van der Waals surface area contributed by atoms with Gasteiger partial charge in [0.05, 0.1) is 12.4 Å². The summed E-state index contributed by atoms with van der Waals surface area (Å²) >= 11 is 3.35. The first-order valence-corrected chi connectivity index (χ1v) is 9.35. The summed E-state index contributed by atoms with van der Waals surface area (Å²) in [5.41, 5.74) is 3.92. The van der Waals surface area contributed by atoms with Crippen molar-refractivity contribution in [3.8, 4) is 17.4 Å². The number of hydrogen-bond acceptors (Lipinski definition) is 7. The van der Waals surface area contributed by atoms with Crippen LogP contribution < -0.4 is 5.43 Å². The Labute approximate surface area is 175 Å². The third-order valence-corrected chi connectivity index (χ3v) is 4.21. The molecule has 1 atom stereocenters. The van der Waals surface area contributed by atoms with Crippen molar-refractivity contribution in [1.29, 1.82) is 0 Å². The molecule has 0 saturated carbocycles. The number of nitrogens with one attached hydrogen (secondary N) is 1. The van der Waals surface area contributed by atoms with E-state index in [1.165, 1.54) is 19.4 Å². The van der Waals surface area contributed by atoms with Gasteiger partial charge in [0, 0.05) is 10.0 Å². The second-order valence-electron chi connectivity index (χ2n) is 5.84. The minimum atomic E-state index is -0.871. The topological polar surface area (TPSA) is 109 Å². The highest BCUT2D eigenvalue weighted by Crippen LogP contribution is 2.24. The minimum Gasteiger partial charge on any atom is -0.479 e. The molecule has 2 aromatic carbocycles. The second kappa shape index (κ2) is 9.65. The number of hydrazone groups is 1. The number of carbonyl (C=O) groups excluding carboxylic acids is 1. The summed E-state index contributed by atoms with van der Waals surface area (Å²) < 4.78 is 6.16. The Morgan fingerprint density at radius 3 is 2.66 bits per heavy atom. The first-order chi connectivity index (χ1) is 14.0. The van der Waals surface area contributed by atoms with Crippen molar-refractivity contribution in [2.45, 2.75) is 13.0 Å². The lowest BCUT2D eigenvalue weighted by Crippen LogP contribution is -2.30. The summed E-state index contributed by atoms with van der Waals surface area (Å²) in [7, 11) is 0. The standard InChI is InChI=1S/C20H17BrN4O4/c1-13(29-23-11-14-7-9-16(21)10-8-14)18(26)25-22-12-17-20(27)28-19(24-17)15-5-3-2-4-6-15/h2-13,27H,1H3,(H,25,26)/b22-12-,23-11+/t13-/m1/s1. The molecule has 2 N–H and O–H groups in total. The van der Waals surface area contributed by atoms with Crippen LogP contribution in [0.5, 0.6) is 5.95 Å². The Kier molecular flexibility index (Phi) is 6.75. The predicted octanol–water partition coefficient (Wildman–Crippen LogP) is 3.70. The highest BCUT2D eigenvalue weighted by Gasteiger charge is 2.14. The quantitative estimate of drug-likeness (QED) is 0.416. The molecule has 0 aliphatic heterocycles. The normalized spacial score (nSPS) is 12.3. The first-order valence-electron chi connectivity index (χ1n) is 8.56. The van der Waals surface area contributed by atoms with Crippen LogP contribution in [0.4, 0.5) is 0 Å². The van der Waals surface area contributed by atoms with Crippen molar-refractivity contribution in [3.05, 3.63) is 70.3 Å². The third kappa shape index (κ3) is 5.76. The molecule has 0 saturated heterocycles. The van der Waals surface area contributed by atoms with E-state index in [9.17, 15) is 9.90 Å². The molecule has 0 aliphatic carbocycles. The highest BCUT2D eigenvalue weighted by molar-refractivity contribution is 9.10. The zero-order valence-electron chi connectivity index (χ0n) is 15.3. The number of amides is 1. The van der Waals surface area contributed by atoms with E-state index >= 15 is 0 Å². The number of hydrogen-bond donors (Lipinski definition) is 2. The van der Waals surface area contributed by atoms with Crippen LogP contribution >= 0.6 is 15.9 Å². The fourth-order valence-corrected chi connectivity index (χ4v) is 2.40. The monoisotopic (exact) mass is 456 g/mol. The Bertz CT molecular complexity index is 1020. The van der Waals surface area contributed by atoms with Gasteiger partial charge in [0.25, 0.3) is 5.91 Å². The fraction of sp³-hybridized carbons (Fsp3) is 0.100. The van der Waals surface area contributed by atoms with Gasteiger partial charge in [0.2, 0.25) is 12.0 Å². The van der Waals surface area contributed by atoms with Gasteiger partial charge in [-0.1, -0.05) is 51.4 Å². The van der Waals surface area contributed by atoms with E-state index in [1.54, 1.807) is 12.1 Å². The van der Waals surface area contributed by atoms with Crippen LogP contribution in [0.15, 0.2) is 73.7 Å². The summed E-state index contributed by atoms with van der Waals surface area (Å²) in [4.78, 5) is 21.2. The lowest BCUT2D eigenvalue weighted by molar-refractivity contribution is -0.131. The van der Waals surface area contributed by atoms with Crippen molar-refractivity contribution < 1.29 is 19.2 Å². The van der Waals surface area contributed by atoms with Gasteiger partial charge >= 0.3 is 5.95 Å². The van der Waals surface area contributed by atoms with E-state index in [4.69, 9.17) is 9.25 Å². The predicted molar refractivity (Wildman–Crippen MR) is 112 cm³/mol. The SMILES string of the molecule is C[C@@H](O/N=C/c1ccc(Br)cc1)C(=O)N/N=C\c1nc(-c2ccccc2)oc1O. The molecule has 9 heteroatoms. The van der Waals surface area contributed by atoms with Crippen molar-refractivity contribution >= 4 is 34.3 Å². The number of nitrogens with zero attached hydrogens (tertiary/aromatic N) is 3. The van der Waals surface area contributed by atoms with E-state index in [1.807, 2.05) is 42.5 Å². The van der Waals surface area contributed by atoms with Crippen LogP contribution in [-0.4, -0.2) is 34.5 Å². The molecule has 148 valence electrons. The van der Waals surface area contributed by atoms with Crippen molar-refractivity contribution in [2.24, 2.45) is 10.3 Å². The second-order valence-corrected chi connectivity index (χ2v) is 6.76. The molecule has 3 rings (SSSR count). The number of halogens is 1. The number of aromatic nitrogens is 1. The van der Waals surface area contributed by atoms with E-state index in [2.05, 4.69) is 36.6 Å². The van der Waals surface area contributed by atoms with Crippen LogP contribution in [0.25, 0.3) is 11.5 Å². The molecule has 1 heterocycles. The largest absolute Gasteiger partial charge is 0.479 e. The molecule has 0 bridgehead atoms. The number of rotatable bonds is 7. The lowest BCUT2D eigenvalue weighted by atomic mass is 10.2. The molecule has 8 nitrogen and oxygen atoms in total. The number of oxime groups is 1. The van der Waals surface area contributed by atoms with E-state index in [0.29, 0.717) is 5.56 Å². The van der Waals surface area contributed by atoms with Crippen molar-refractivity contribution in [3.63, 3.8) is 0 Å². The Morgan fingerprint density at radius 2 is 1.93 bits per heavy atom. The highest BCUT2D eigenvalue weighted by atomic mass is 79.9. The number of carbonyl (C=O) groups is 1. The molecule has 0 unspecified atom stereocenters. The zero-order valence-corrected chi connectivity index (χ0v) is 16.9. The van der Waals surface area contributed by atoms with Crippen LogP contribution in [0.3, 0.4) is 0 Å². The lowest BCUT2D eigenvalue weighted by Gasteiger charge is -2.06. The molecule has 0 spiro atoms. The molecule has 3 aromatic rings. The number of benzene rings is 2. The van der Waals surface area contributed by atoms with Crippen molar-refractivity contribution in [1.82, 2.24) is 10.4 Å². The van der Waals surface area contributed by atoms with Crippen LogP contribution in [-0.2, 0) is 9.63 Å². The van der Waals surface area contributed by atoms with E-state index in [-0.39, 0.29) is 11.6 Å². The Hall–Kier alpha value is -3.46. The summed E-state index contributed by atoms with van der Waals surface area (Å²) in [6, 6.07) is 16.5. The molecule has 29 heavy (non-hydrogen) atoms. The van der Waals surface area contributed by atoms with Crippen LogP contribution in [0.1, 0.15) is 18.2 Å². The number of oxazole rings is 1. The maximum Gasteiger partial charge on any atom is 0.312 e. The summed E-state index contributed by atoms with van der Waals surface area (Å²) in [6.45, 7) is 1.53. The van der Waals surface area contributed by atoms with Gasteiger partial charge in [0.1, 0.15) is 0 Å². The van der Waals surface area contributed by atoms with Crippen molar-refractivity contribution in [2.75, 3.05) is 0 Å². The van der Waals surface area contributed by atoms with E-state index in [0.717, 1.165) is 10.0 Å². The molecule has 1 aromatic heterocycles. The van der Waals surface area contributed by atoms with Gasteiger partial charge < -0.3 is 14.4 Å². The van der Waals surface area contributed by atoms with Crippen LogP contribution in [0.2, 0.25) is 0 Å². The summed E-state index contributed by atoms with van der Waals surface area (Å²) in [5.74, 6) is -0.666. The molecule has 1 amide bonds. The van der Waals surface area contributed by atoms with Gasteiger partial charge in [-0.15, -0.1) is 0 Å². The maximum atomic E-state index is 12.0. The smallest absolute Gasteiger partial charge is 0.312 e. The number of aromatic hydroxyl groups is 1. The molecular formula is C20H17BrN4O4. The average molecular weight is 457 g/mol. The molecule has 0 radical (unpaired) electrons. The first kappa shape index (κ1) is 20.3. The van der Waals surface area contributed by atoms with Gasteiger partial charge in [-0.2, -0.15) is 5.10 Å². The Balaban J connectivity index is 1.52. The average Bonchev–Trinajstić information content (AvgIpc) is 3.10. The Morgan fingerprint density at radius 1 is 1.21 bits per heavy atom. The van der Waals surface area contributed by atoms with Crippen LogP contribution in [0, 0.1) is 0 Å². The zero-order chi connectivity index (χ0) is 20.6. The molecule has 0 fully saturated rings. The third-order valence-electron chi connectivity index (χ3n) is 3.68. The summed E-state index contributed by atoms with van der Waals surface area (Å²) in [5, 5.41) is 17.4. The van der Waals surface area contributed by atoms with Gasteiger partial charge in [-0.05, 0) is 36.8 Å². The molecular weight excluding hydrogens is 440 g/mol.